The zero-order chi connectivity index (χ0) is 24.4. The van der Waals surface area contributed by atoms with E-state index in [-0.39, 0.29) is 0 Å². The Morgan fingerprint density at radius 1 is 0.971 bits per heavy atom. The Morgan fingerprint density at radius 2 is 1.77 bits per heavy atom. The van der Waals surface area contributed by atoms with Crippen LogP contribution in [0.4, 0.5) is 0 Å². The first-order valence-electron chi connectivity index (χ1n) is 12.4. The Balaban J connectivity index is 1.23. The molecule has 3 aliphatic rings. The van der Waals surface area contributed by atoms with Gasteiger partial charge in [-0.2, -0.15) is 5.10 Å². The fraction of sp³-hybridized carbons (Fsp3) is 0.464. The fourth-order valence-electron chi connectivity index (χ4n) is 5.78. The summed E-state index contributed by atoms with van der Waals surface area (Å²) in [5.74, 6) is 3.58. The first kappa shape index (κ1) is 23.7. The van der Waals surface area contributed by atoms with Crippen LogP contribution in [-0.4, -0.2) is 61.7 Å². The monoisotopic (exact) mass is 476 g/mol. The molecule has 4 atom stereocenters. The van der Waals surface area contributed by atoms with Crippen LogP contribution >= 0.6 is 0 Å². The van der Waals surface area contributed by atoms with Gasteiger partial charge in [0.1, 0.15) is 5.75 Å². The van der Waals surface area contributed by atoms with Crippen molar-refractivity contribution in [1.29, 1.82) is 0 Å². The van der Waals surface area contributed by atoms with E-state index in [4.69, 9.17) is 19.3 Å². The molecule has 0 radical (unpaired) electrons. The average Bonchev–Trinajstić information content (AvgIpc) is 3.30. The van der Waals surface area contributed by atoms with Crippen LogP contribution in [0.3, 0.4) is 0 Å². The minimum atomic E-state index is 0.521. The summed E-state index contributed by atoms with van der Waals surface area (Å²) in [4.78, 5) is 2.68. The molecule has 0 amide bonds. The molecule has 2 aromatic carbocycles. The maximum Gasteiger partial charge on any atom is 0.161 e. The summed E-state index contributed by atoms with van der Waals surface area (Å²) in [6, 6.07) is 17.2. The van der Waals surface area contributed by atoms with Gasteiger partial charge >= 0.3 is 0 Å². The minimum Gasteiger partial charge on any atom is -0.497 e. The molecule has 4 heterocycles. The number of nitrogens with zero attached hydrogens (tertiary/aromatic N) is 3. The second kappa shape index (κ2) is 10.3. The van der Waals surface area contributed by atoms with E-state index in [0.717, 1.165) is 48.1 Å². The van der Waals surface area contributed by atoms with Crippen LogP contribution < -0.4 is 19.5 Å². The Labute approximate surface area is 208 Å². The summed E-state index contributed by atoms with van der Waals surface area (Å²) in [6.07, 6.45) is 2.49. The molecule has 6 rings (SSSR count). The van der Waals surface area contributed by atoms with Crippen LogP contribution in [0.15, 0.2) is 48.5 Å². The van der Waals surface area contributed by atoms with Crippen LogP contribution in [0.25, 0.3) is 11.3 Å². The maximum absolute atomic E-state index is 5.50. The molecule has 2 bridgehead atoms. The summed E-state index contributed by atoms with van der Waals surface area (Å²) in [6.45, 7) is 4.21. The third kappa shape index (κ3) is 4.88. The molecule has 3 aliphatic heterocycles. The summed E-state index contributed by atoms with van der Waals surface area (Å²) in [5, 5.41) is 8.55. The van der Waals surface area contributed by atoms with Crippen LogP contribution in [-0.2, 0) is 13.6 Å². The van der Waals surface area contributed by atoms with Crippen molar-refractivity contribution in [3.05, 3.63) is 59.8 Å². The molecule has 1 N–H and O–H groups in total. The van der Waals surface area contributed by atoms with Gasteiger partial charge in [0.25, 0.3) is 0 Å². The maximum atomic E-state index is 5.50. The van der Waals surface area contributed by atoms with Gasteiger partial charge < -0.3 is 19.5 Å². The third-order valence-electron chi connectivity index (χ3n) is 7.72. The van der Waals surface area contributed by atoms with Crippen molar-refractivity contribution in [2.75, 3.05) is 41.0 Å². The molecule has 0 spiro atoms. The predicted molar refractivity (Wildman–Crippen MR) is 137 cm³/mol. The van der Waals surface area contributed by atoms with E-state index in [1.807, 2.05) is 24.3 Å². The molecule has 3 aromatic rings. The van der Waals surface area contributed by atoms with Gasteiger partial charge in [0.05, 0.1) is 27.0 Å². The molecular formula is C28H36N4O3. The number of hydrogen-bond acceptors (Lipinski definition) is 6. The van der Waals surface area contributed by atoms with Crippen molar-refractivity contribution in [2.24, 2.45) is 13.0 Å². The van der Waals surface area contributed by atoms with Gasteiger partial charge in [-0.15, -0.1) is 0 Å². The first-order valence-corrected chi connectivity index (χ1v) is 12.4. The van der Waals surface area contributed by atoms with E-state index in [0.29, 0.717) is 17.9 Å². The van der Waals surface area contributed by atoms with E-state index in [9.17, 15) is 0 Å². The number of aromatic nitrogens is 2. The second-order valence-corrected chi connectivity index (χ2v) is 9.67. The lowest BCUT2D eigenvalue weighted by molar-refractivity contribution is 0.0282. The lowest BCUT2D eigenvalue weighted by Gasteiger charge is -2.50. The number of fused-ring (bicyclic) bond motifs is 3. The Kier molecular flexibility index (Phi) is 6.97. The molecule has 1 aromatic heterocycles. The van der Waals surface area contributed by atoms with E-state index in [2.05, 4.69) is 46.2 Å². The number of methoxy groups -OCH3 is 3. The predicted octanol–water partition coefficient (Wildman–Crippen LogP) is 4.08. The van der Waals surface area contributed by atoms with Gasteiger partial charge in [0, 0.05) is 49.9 Å². The Bertz CT molecular complexity index is 1140. The molecule has 186 valence electrons. The Hall–Kier alpha value is -3.03. The topological polar surface area (TPSA) is 60.8 Å². The molecule has 7 nitrogen and oxygen atoms in total. The van der Waals surface area contributed by atoms with Crippen molar-refractivity contribution in [2.45, 2.75) is 31.3 Å². The molecular weight excluding hydrogens is 440 g/mol. The van der Waals surface area contributed by atoms with Crippen LogP contribution in [0, 0.1) is 5.92 Å². The summed E-state index contributed by atoms with van der Waals surface area (Å²) >= 11 is 0. The summed E-state index contributed by atoms with van der Waals surface area (Å²) < 4.78 is 18.2. The van der Waals surface area contributed by atoms with Crippen molar-refractivity contribution >= 4 is 0 Å². The highest BCUT2D eigenvalue weighted by Crippen LogP contribution is 2.42. The normalized spacial score (nSPS) is 23.3. The lowest BCUT2D eigenvalue weighted by Crippen LogP contribution is -2.55. The van der Waals surface area contributed by atoms with Crippen LogP contribution in [0.5, 0.6) is 17.2 Å². The van der Waals surface area contributed by atoms with Crippen molar-refractivity contribution in [3.8, 4) is 28.5 Å². The van der Waals surface area contributed by atoms with Gasteiger partial charge in [0.2, 0.25) is 0 Å². The van der Waals surface area contributed by atoms with Gasteiger partial charge in [-0.1, -0.05) is 12.1 Å². The van der Waals surface area contributed by atoms with Crippen LogP contribution in [0.2, 0.25) is 0 Å². The zero-order valence-corrected chi connectivity index (χ0v) is 21.2. The smallest absolute Gasteiger partial charge is 0.161 e. The van der Waals surface area contributed by atoms with Gasteiger partial charge in [-0.05, 0) is 67.3 Å². The molecule has 3 saturated heterocycles. The molecule has 0 saturated carbocycles. The minimum absolute atomic E-state index is 0.521. The zero-order valence-electron chi connectivity index (χ0n) is 21.2. The number of ether oxygens (including phenoxy) is 3. The molecule has 7 heteroatoms. The highest BCUT2D eigenvalue weighted by molar-refractivity contribution is 5.64. The number of rotatable bonds is 9. The van der Waals surface area contributed by atoms with Crippen molar-refractivity contribution < 1.29 is 14.2 Å². The number of nitrogens with one attached hydrogen (secondary N) is 1. The number of piperidine rings is 3. The SMILES string of the molecule is COc1ccc(CNC[C@H]2C[C@@H]3CCN2C[C@@H]3c2cc(-c3ccc(OC)c(OC)c3)nn2C)cc1. The molecule has 1 unspecified atom stereocenters. The highest BCUT2D eigenvalue weighted by Gasteiger charge is 2.41. The molecule has 35 heavy (non-hydrogen) atoms. The van der Waals surface area contributed by atoms with E-state index >= 15 is 0 Å². The average molecular weight is 477 g/mol. The van der Waals surface area contributed by atoms with E-state index < -0.39 is 0 Å². The second-order valence-electron chi connectivity index (χ2n) is 9.67. The van der Waals surface area contributed by atoms with Gasteiger partial charge in [-0.25, -0.2) is 0 Å². The van der Waals surface area contributed by atoms with Crippen molar-refractivity contribution in [1.82, 2.24) is 20.0 Å². The lowest BCUT2D eigenvalue weighted by atomic mass is 9.74. The number of hydrogen-bond donors (Lipinski definition) is 1. The highest BCUT2D eigenvalue weighted by atomic mass is 16.5. The third-order valence-corrected chi connectivity index (χ3v) is 7.72. The summed E-state index contributed by atoms with van der Waals surface area (Å²) in [7, 11) is 7.10. The van der Waals surface area contributed by atoms with Crippen molar-refractivity contribution in [3.63, 3.8) is 0 Å². The van der Waals surface area contributed by atoms with Gasteiger partial charge in [0.15, 0.2) is 11.5 Å². The van der Waals surface area contributed by atoms with Crippen LogP contribution in [0.1, 0.15) is 30.0 Å². The molecule has 3 fully saturated rings. The number of aryl methyl sites for hydroxylation is 1. The van der Waals surface area contributed by atoms with Gasteiger partial charge in [-0.3, -0.25) is 9.58 Å². The fourth-order valence-corrected chi connectivity index (χ4v) is 5.78. The first-order chi connectivity index (χ1) is 17.1. The Morgan fingerprint density at radius 3 is 2.46 bits per heavy atom. The van der Waals surface area contributed by atoms with E-state index in [1.165, 1.54) is 30.6 Å². The standard InChI is InChI=1S/C28H36N4O3/c1-31-26(15-25(30-31)21-7-10-27(34-3)28(14-21)35-4)24-18-32-12-11-20(24)13-22(32)17-29-16-19-5-8-23(33-2)9-6-19/h5-10,14-15,20,22,24,29H,11-13,16-18H2,1-4H3/t20-,22+,24-/m0/s1. The largest absolute Gasteiger partial charge is 0.497 e. The van der Waals surface area contributed by atoms with E-state index in [1.54, 1.807) is 21.3 Å². The summed E-state index contributed by atoms with van der Waals surface area (Å²) in [5.41, 5.74) is 4.65. The quantitative estimate of drug-likeness (QED) is 0.502. The number of benzene rings is 2. The molecule has 0 aliphatic carbocycles.